The summed E-state index contributed by atoms with van der Waals surface area (Å²) in [6.45, 7) is -0.511. The van der Waals surface area contributed by atoms with Gasteiger partial charge in [-0.25, -0.2) is 18.8 Å². The van der Waals surface area contributed by atoms with Crippen LogP contribution in [0.1, 0.15) is 82.6 Å². The van der Waals surface area contributed by atoms with E-state index in [1.54, 1.807) is 18.2 Å². The highest BCUT2D eigenvalue weighted by molar-refractivity contribution is 6.10. The Morgan fingerprint density at radius 2 is 1.40 bits per heavy atom. The molecule has 0 unspecified atom stereocenters. The molecule has 40 heavy (non-hydrogen) atoms. The third kappa shape index (κ3) is 5.51. The van der Waals surface area contributed by atoms with E-state index >= 15 is 0 Å². The summed E-state index contributed by atoms with van der Waals surface area (Å²) in [5, 5.41) is 28.7. The van der Waals surface area contributed by atoms with Crippen LogP contribution in [-0.4, -0.2) is 44.0 Å². The zero-order valence-corrected chi connectivity index (χ0v) is 20.5. The molecule has 0 saturated heterocycles. The molecule has 3 N–H and O–H groups in total. The number of hydrogen-bond acceptors (Lipinski definition) is 4. The number of carbonyl (C=O) groups is 4. The van der Waals surface area contributed by atoms with Gasteiger partial charge in [0.1, 0.15) is 5.82 Å². The third-order valence-electron chi connectivity index (χ3n) is 6.74. The summed E-state index contributed by atoms with van der Waals surface area (Å²) in [5.41, 5.74) is -3.28. The Balaban J connectivity index is 1.91. The minimum absolute atomic E-state index is 0.109. The number of aryl methyl sites for hydroxylation is 1. The predicted octanol–water partition coefficient (Wildman–Crippen LogP) is 5.66. The fourth-order valence-corrected chi connectivity index (χ4v) is 4.92. The second-order valence-corrected chi connectivity index (χ2v) is 9.21. The lowest BCUT2D eigenvalue weighted by Gasteiger charge is -2.36. The molecule has 0 aromatic heterocycles. The Bertz CT molecular complexity index is 1530. The van der Waals surface area contributed by atoms with Gasteiger partial charge in [-0.3, -0.25) is 4.79 Å². The Hall–Kier alpha value is -4.74. The molecule has 3 aromatic carbocycles. The zero-order valence-electron chi connectivity index (χ0n) is 20.5. The first-order valence-electron chi connectivity index (χ1n) is 11.9. The van der Waals surface area contributed by atoms with Crippen molar-refractivity contribution in [1.82, 2.24) is 4.90 Å². The quantitative estimate of drug-likeness (QED) is 0.318. The van der Waals surface area contributed by atoms with Gasteiger partial charge in [-0.15, -0.1) is 0 Å². The fourth-order valence-electron chi connectivity index (χ4n) is 4.92. The second-order valence-electron chi connectivity index (χ2n) is 9.21. The normalized spacial score (nSPS) is 14.8. The molecule has 0 bridgehead atoms. The summed E-state index contributed by atoms with van der Waals surface area (Å²) >= 11 is 0. The highest BCUT2D eigenvalue weighted by Crippen LogP contribution is 2.38. The van der Waals surface area contributed by atoms with Gasteiger partial charge < -0.3 is 20.2 Å². The van der Waals surface area contributed by atoms with Gasteiger partial charge in [0.15, 0.2) is 0 Å². The van der Waals surface area contributed by atoms with E-state index in [0.29, 0.717) is 49.1 Å². The van der Waals surface area contributed by atoms with Crippen molar-refractivity contribution < 1.29 is 52.1 Å². The van der Waals surface area contributed by atoms with Crippen molar-refractivity contribution in [3.8, 4) is 0 Å². The first-order valence-corrected chi connectivity index (χ1v) is 11.9. The zero-order chi connectivity index (χ0) is 29.4. The molecule has 3 aromatic rings. The van der Waals surface area contributed by atoms with Crippen LogP contribution in [0.3, 0.4) is 0 Å². The molecule has 12 heteroatoms. The van der Waals surface area contributed by atoms with E-state index in [0.717, 1.165) is 16.5 Å². The largest absolute Gasteiger partial charge is 0.478 e. The molecule has 0 radical (unpaired) electrons. The maximum Gasteiger partial charge on any atom is 0.419 e. The number of nitrogens with zero attached hydrogens (tertiary/aromatic N) is 1. The molecule has 4 rings (SSSR count). The molecule has 0 heterocycles. The number of aromatic carboxylic acids is 3. The number of benzene rings is 3. The Morgan fingerprint density at radius 3 is 2.00 bits per heavy atom. The average molecular weight is 559 g/mol. The molecule has 1 aliphatic carbocycles. The molecule has 1 amide bonds. The molecule has 8 nitrogen and oxygen atoms in total. The molecule has 1 atom stereocenters. The van der Waals surface area contributed by atoms with Crippen molar-refractivity contribution in [3.63, 3.8) is 0 Å². The summed E-state index contributed by atoms with van der Waals surface area (Å²) in [6, 6.07) is 9.69. The van der Waals surface area contributed by atoms with Crippen molar-refractivity contribution in [1.29, 1.82) is 0 Å². The number of amides is 1. The summed E-state index contributed by atoms with van der Waals surface area (Å²) < 4.78 is 54.2. The topological polar surface area (TPSA) is 132 Å². The highest BCUT2D eigenvalue weighted by atomic mass is 19.4. The van der Waals surface area contributed by atoms with E-state index in [-0.39, 0.29) is 5.56 Å². The molecule has 0 fully saturated rings. The number of hydrogen-bond donors (Lipinski definition) is 3. The fraction of sp³-hybridized carbons (Fsp3) is 0.214. The van der Waals surface area contributed by atoms with Gasteiger partial charge in [0.05, 0.1) is 33.9 Å². The van der Waals surface area contributed by atoms with E-state index < -0.39 is 76.2 Å². The number of fused-ring (bicyclic) bond motifs is 1. The smallest absolute Gasteiger partial charge is 0.419 e. The van der Waals surface area contributed by atoms with Crippen LogP contribution in [0.25, 0.3) is 0 Å². The van der Waals surface area contributed by atoms with Crippen LogP contribution in [0.5, 0.6) is 0 Å². The Morgan fingerprint density at radius 1 is 0.825 bits per heavy atom. The standard InChI is InChI=1S/C28H21F4NO7/c29-22-9-8-14(10-21(22)28(30,31)32)13-33(23-7-3-5-15-4-1-2-6-16(15)23)24(34)17-11-19(26(37)38)20(27(39)40)12-18(17)25(35)36/h1-2,4,6,8-12,23H,3,5,7,13H2,(H,35,36)(H,37,38)(H,39,40)/t23-/m0/s1. The molecule has 1 aliphatic rings. The SMILES string of the molecule is O=C(O)c1cc(C(=O)O)c(C(=O)N(Cc2ccc(F)c(C(F)(F)F)c2)[C@H]2CCCc3ccccc32)cc1C(=O)O. The lowest BCUT2D eigenvalue weighted by Crippen LogP contribution is -2.37. The predicted molar refractivity (Wildman–Crippen MR) is 131 cm³/mol. The minimum Gasteiger partial charge on any atom is -0.478 e. The molecule has 0 saturated carbocycles. The van der Waals surface area contributed by atoms with Gasteiger partial charge in [-0.2, -0.15) is 13.2 Å². The number of carbonyl (C=O) groups excluding carboxylic acids is 1. The van der Waals surface area contributed by atoms with Gasteiger partial charge in [0.25, 0.3) is 5.91 Å². The van der Waals surface area contributed by atoms with Gasteiger partial charge in [-0.1, -0.05) is 30.3 Å². The van der Waals surface area contributed by atoms with Crippen LogP contribution in [0.2, 0.25) is 0 Å². The third-order valence-corrected chi connectivity index (χ3v) is 6.74. The maximum atomic E-state index is 14.0. The van der Waals surface area contributed by atoms with E-state index in [1.807, 2.05) is 6.07 Å². The molecular formula is C28H21F4NO7. The first-order chi connectivity index (χ1) is 18.8. The number of halogens is 4. The minimum atomic E-state index is -5.02. The highest BCUT2D eigenvalue weighted by Gasteiger charge is 2.36. The Kier molecular flexibility index (Phi) is 7.63. The van der Waals surface area contributed by atoms with Crippen LogP contribution >= 0.6 is 0 Å². The van der Waals surface area contributed by atoms with Gasteiger partial charge in [-0.05, 0) is 60.2 Å². The van der Waals surface area contributed by atoms with E-state index in [2.05, 4.69) is 0 Å². The monoisotopic (exact) mass is 559 g/mol. The van der Waals surface area contributed by atoms with E-state index in [4.69, 9.17) is 0 Å². The molecular weight excluding hydrogens is 538 g/mol. The van der Waals surface area contributed by atoms with Crippen LogP contribution in [0.15, 0.2) is 54.6 Å². The summed E-state index contributed by atoms with van der Waals surface area (Å²) in [4.78, 5) is 50.6. The van der Waals surface area contributed by atoms with E-state index in [9.17, 15) is 52.1 Å². The lowest BCUT2D eigenvalue weighted by atomic mass is 9.86. The summed E-state index contributed by atoms with van der Waals surface area (Å²) in [6.07, 6.45) is -3.45. The summed E-state index contributed by atoms with van der Waals surface area (Å²) in [5.74, 6) is -7.74. The molecule has 0 aliphatic heterocycles. The van der Waals surface area contributed by atoms with Crippen LogP contribution < -0.4 is 0 Å². The van der Waals surface area contributed by atoms with Gasteiger partial charge in [0.2, 0.25) is 0 Å². The van der Waals surface area contributed by atoms with Gasteiger partial charge in [0, 0.05) is 6.54 Å². The first kappa shape index (κ1) is 28.3. The van der Waals surface area contributed by atoms with Crippen molar-refractivity contribution in [3.05, 3.63) is 105 Å². The van der Waals surface area contributed by atoms with Crippen molar-refractivity contribution >= 4 is 23.8 Å². The van der Waals surface area contributed by atoms with Crippen molar-refractivity contribution in [2.75, 3.05) is 0 Å². The van der Waals surface area contributed by atoms with Crippen LogP contribution in [0.4, 0.5) is 17.6 Å². The average Bonchev–Trinajstić information content (AvgIpc) is 2.90. The van der Waals surface area contributed by atoms with Gasteiger partial charge >= 0.3 is 24.1 Å². The number of rotatable bonds is 7. The van der Waals surface area contributed by atoms with Crippen molar-refractivity contribution in [2.24, 2.45) is 0 Å². The van der Waals surface area contributed by atoms with E-state index in [1.165, 1.54) is 0 Å². The Labute approximate surface area is 224 Å². The van der Waals surface area contributed by atoms with Crippen LogP contribution in [0, 0.1) is 5.82 Å². The summed E-state index contributed by atoms with van der Waals surface area (Å²) in [7, 11) is 0. The number of alkyl halides is 3. The molecule has 208 valence electrons. The maximum absolute atomic E-state index is 14.0. The lowest BCUT2D eigenvalue weighted by molar-refractivity contribution is -0.140. The number of carboxylic acid groups (broad SMARTS) is 3. The molecule has 0 spiro atoms. The van der Waals surface area contributed by atoms with Crippen molar-refractivity contribution in [2.45, 2.75) is 38.0 Å². The number of carboxylic acids is 3. The van der Waals surface area contributed by atoms with Crippen LogP contribution in [-0.2, 0) is 19.1 Å². The second kappa shape index (κ2) is 10.8.